The Hall–Kier alpha value is -1.12. The molecule has 0 unspecified atom stereocenters. The topological polar surface area (TPSA) is 97.5 Å². The van der Waals surface area contributed by atoms with Crippen molar-refractivity contribution in [3.63, 3.8) is 0 Å². The molecule has 7 nitrogen and oxygen atoms in total. The van der Waals surface area contributed by atoms with Gasteiger partial charge in [0.1, 0.15) is 6.61 Å². The van der Waals surface area contributed by atoms with E-state index in [-0.39, 0.29) is 17.8 Å². The largest absolute Gasteiger partial charge is 0.481 e. The van der Waals surface area contributed by atoms with E-state index in [4.69, 9.17) is 9.84 Å². The number of carbonyl (C=O) groups is 1. The molecule has 0 aliphatic heterocycles. The second-order valence-electron chi connectivity index (χ2n) is 5.23. The van der Waals surface area contributed by atoms with Gasteiger partial charge in [-0.15, -0.1) is 10.2 Å². The second kappa shape index (κ2) is 7.61. The zero-order chi connectivity index (χ0) is 15.2. The number of methoxy groups -OCH3 is 1. The number of aromatic nitrogens is 3. The molecular formula is C12H21N3O4S. The monoisotopic (exact) mass is 303 g/mol. The van der Waals surface area contributed by atoms with Gasteiger partial charge in [-0.2, -0.15) is 0 Å². The number of aliphatic hydroxyl groups excluding tert-OH is 1. The molecule has 20 heavy (non-hydrogen) atoms. The number of hydrogen-bond acceptors (Lipinski definition) is 6. The minimum Gasteiger partial charge on any atom is -0.481 e. The molecule has 8 heteroatoms. The molecular weight excluding hydrogens is 282 g/mol. The molecule has 0 saturated carbocycles. The third-order valence-corrected chi connectivity index (χ3v) is 3.78. The summed E-state index contributed by atoms with van der Waals surface area (Å²) in [5.74, 6) is -0.542. The number of thioether (sulfide) groups is 1. The van der Waals surface area contributed by atoms with Crippen LogP contribution in [0.2, 0.25) is 0 Å². The van der Waals surface area contributed by atoms with Crippen molar-refractivity contribution in [1.29, 1.82) is 0 Å². The highest BCUT2D eigenvalue weighted by atomic mass is 32.2. The summed E-state index contributed by atoms with van der Waals surface area (Å²) < 4.78 is 6.87. The van der Waals surface area contributed by atoms with Crippen LogP contribution >= 0.6 is 11.8 Å². The highest BCUT2D eigenvalue weighted by molar-refractivity contribution is 7.99. The molecule has 0 radical (unpaired) electrons. The van der Waals surface area contributed by atoms with Crippen LogP contribution in [0.5, 0.6) is 0 Å². The zero-order valence-electron chi connectivity index (χ0n) is 12.0. The highest BCUT2D eigenvalue weighted by Crippen LogP contribution is 2.27. The maximum absolute atomic E-state index is 10.6. The van der Waals surface area contributed by atoms with Gasteiger partial charge in [-0.25, -0.2) is 0 Å². The van der Waals surface area contributed by atoms with Gasteiger partial charge in [0.2, 0.25) is 0 Å². The predicted octanol–water partition coefficient (Wildman–Crippen LogP) is 1.01. The normalized spacial score (nSPS) is 11.8. The molecule has 0 fully saturated rings. The van der Waals surface area contributed by atoms with E-state index < -0.39 is 5.97 Å². The maximum Gasteiger partial charge on any atom is 0.313 e. The Kier molecular flexibility index (Phi) is 6.44. The maximum atomic E-state index is 10.6. The van der Waals surface area contributed by atoms with Gasteiger partial charge >= 0.3 is 5.97 Å². The Balaban J connectivity index is 2.84. The summed E-state index contributed by atoms with van der Waals surface area (Å²) >= 11 is 1.10. The molecule has 0 aliphatic carbocycles. The van der Waals surface area contributed by atoms with Crippen LogP contribution in [0.4, 0.5) is 0 Å². The third-order valence-electron chi connectivity index (χ3n) is 2.83. The van der Waals surface area contributed by atoms with Gasteiger partial charge in [0, 0.05) is 20.3 Å². The molecule has 1 aromatic rings. The average molecular weight is 303 g/mol. The average Bonchev–Trinajstić information content (AvgIpc) is 2.75. The van der Waals surface area contributed by atoms with Crippen LogP contribution in [-0.4, -0.2) is 50.4 Å². The first-order valence-corrected chi connectivity index (χ1v) is 7.24. The molecule has 1 heterocycles. The summed E-state index contributed by atoms with van der Waals surface area (Å²) in [6.45, 7) is 5.18. The van der Waals surface area contributed by atoms with Crippen molar-refractivity contribution in [1.82, 2.24) is 14.8 Å². The predicted molar refractivity (Wildman–Crippen MR) is 74.6 cm³/mol. The summed E-state index contributed by atoms with van der Waals surface area (Å²) in [5.41, 5.74) is -0.0686. The lowest BCUT2D eigenvalue weighted by Gasteiger charge is -2.26. The van der Waals surface area contributed by atoms with Gasteiger partial charge in [-0.05, 0) is 11.8 Å². The molecule has 0 aliphatic rings. The summed E-state index contributed by atoms with van der Waals surface area (Å²) in [5, 5.41) is 26.4. The number of aliphatic carboxylic acids is 1. The molecule has 0 amide bonds. The summed E-state index contributed by atoms with van der Waals surface area (Å²) in [4.78, 5) is 10.6. The van der Waals surface area contributed by atoms with Crippen LogP contribution in [0.25, 0.3) is 0 Å². The lowest BCUT2D eigenvalue weighted by molar-refractivity contribution is -0.133. The SMILES string of the molecule is COCCC(C)(C)Cn1c(CO)nnc1SCC(=O)O. The van der Waals surface area contributed by atoms with Crippen LogP contribution in [0, 0.1) is 5.41 Å². The van der Waals surface area contributed by atoms with Crippen molar-refractivity contribution in [3.8, 4) is 0 Å². The van der Waals surface area contributed by atoms with Crippen molar-refractivity contribution in [2.24, 2.45) is 5.41 Å². The molecule has 0 spiro atoms. The number of aliphatic hydroxyl groups is 1. The molecule has 2 N–H and O–H groups in total. The lowest BCUT2D eigenvalue weighted by atomic mass is 9.89. The van der Waals surface area contributed by atoms with E-state index in [0.29, 0.717) is 24.1 Å². The fourth-order valence-corrected chi connectivity index (χ4v) is 2.39. The van der Waals surface area contributed by atoms with Crippen molar-refractivity contribution < 1.29 is 19.7 Å². The van der Waals surface area contributed by atoms with Crippen LogP contribution in [0.1, 0.15) is 26.1 Å². The van der Waals surface area contributed by atoms with E-state index in [1.165, 1.54) is 0 Å². The van der Waals surface area contributed by atoms with Crippen LogP contribution in [0.3, 0.4) is 0 Å². The Bertz CT molecular complexity index is 448. The number of carboxylic acids is 1. The van der Waals surface area contributed by atoms with E-state index in [0.717, 1.165) is 18.2 Å². The molecule has 114 valence electrons. The summed E-state index contributed by atoms with van der Waals surface area (Å²) in [6, 6.07) is 0. The number of ether oxygens (including phenoxy) is 1. The van der Waals surface area contributed by atoms with Crippen molar-refractivity contribution in [2.75, 3.05) is 19.5 Å². The van der Waals surface area contributed by atoms with E-state index in [1.54, 1.807) is 11.7 Å². The number of hydrogen-bond donors (Lipinski definition) is 2. The van der Waals surface area contributed by atoms with Gasteiger partial charge in [-0.3, -0.25) is 4.79 Å². The Morgan fingerprint density at radius 1 is 1.45 bits per heavy atom. The van der Waals surface area contributed by atoms with Crippen molar-refractivity contribution >= 4 is 17.7 Å². The number of nitrogens with zero attached hydrogens (tertiary/aromatic N) is 3. The van der Waals surface area contributed by atoms with E-state index in [2.05, 4.69) is 24.0 Å². The van der Waals surface area contributed by atoms with E-state index in [9.17, 15) is 9.90 Å². The summed E-state index contributed by atoms with van der Waals surface area (Å²) in [7, 11) is 1.65. The first-order chi connectivity index (χ1) is 9.39. The molecule has 0 bridgehead atoms. The molecule has 0 atom stereocenters. The lowest BCUT2D eigenvalue weighted by Crippen LogP contribution is -2.23. The number of carboxylic acid groups (broad SMARTS) is 1. The quantitative estimate of drug-likeness (QED) is 0.657. The van der Waals surface area contributed by atoms with Gasteiger partial charge in [0.05, 0.1) is 5.75 Å². The van der Waals surface area contributed by atoms with Gasteiger partial charge in [0.15, 0.2) is 11.0 Å². The standard InChI is InChI=1S/C12H21N3O4S/c1-12(2,4-5-19-3)8-15-9(6-16)13-14-11(15)20-7-10(17)18/h16H,4-8H2,1-3H3,(H,17,18). The highest BCUT2D eigenvalue weighted by Gasteiger charge is 2.23. The van der Waals surface area contributed by atoms with Crippen LogP contribution < -0.4 is 0 Å². The van der Waals surface area contributed by atoms with Gasteiger partial charge in [-0.1, -0.05) is 25.6 Å². The second-order valence-corrected chi connectivity index (χ2v) is 6.17. The van der Waals surface area contributed by atoms with E-state index >= 15 is 0 Å². The zero-order valence-corrected chi connectivity index (χ0v) is 12.8. The smallest absolute Gasteiger partial charge is 0.313 e. The Morgan fingerprint density at radius 3 is 2.70 bits per heavy atom. The first kappa shape index (κ1) is 16.9. The molecule has 0 saturated heterocycles. The Morgan fingerprint density at radius 2 is 2.15 bits per heavy atom. The Labute approximate surface area is 122 Å². The third kappa shape index (κ3) is 5.10. The van der Waals surface area contributed by atoms with Gasteiger partial charge < -0.3 is 19.5 Å². The van der Waals surface area contributed by atoms with E-state index in [1.807, 2.05) is 0 Å². The van der Waals surface area contributed by atoms with Crippen LogP contribution in [-0.2, 0) is 22.7 Å². The molecule has 0 aromatic carbocycles. The minimum atomic E-state index is -0.909. The minimum absolute atomic E-state index is 0.0686. The fourth-order valence-electron chi connectivity index (χ4n) is 1.71. The molecule has 1 aromatic heterocycles. The number of rotatable bonds is 9. The van der Waals surface area contributed by atoms with Crippen molar-refractivity contribution in [3.05, 3.63) is 5.82 Å². The fraction of sp³-hybridized carbons (Fsp3) is 0.750. The van der Waals surface area contributed by atoms with Crippen molar-refractivity contribution in [2.45, 2.75) is 38.6 Å². The molecule has 1 rings (SSSR count). The van der Waals surface area contributed by atoms with Gasteiger partial charge in [0.25, 0.3) is 0 Å². The van der Waals surface area contributed by atoms with Crippen LogP contribution in [0.15, 0.2) is 5.16 Å². The first-order valence-electron chi connectivity index (χ1n) is 6.26. The summed E-state index contributed by atoms with van der Waals surface area (Å²) in [6.07, 6.45) is 0.843.